The summed E-state index contributed by atoms with van der Waals surface area (Å²) in [5, 5.41) is 21.4. The SMILES string of the molecule is NCCOCCOCCNC(=O)Cc1ccc(Nc2nc(NCCO)nc(NCCc3ccccc3)n2)cc1. The van der Waals surface area contributed by atoms with E-state index in [4.69, 9.17) is 20.3 Å². The number of aromatic nitrogens is 3. The fraction of sp³-hybridized carbons (Fsp3) is 0.407. The lowest BCUT2D eigenvalue weighted by Crippen LogP contribution is -2.29. The zero-order valence-electron chi connectivity index (χ0n) is 22.1. The number of nitrogens with zero attached hydrogens (tertiary/aromatic N) is 3. The number of hydrogen-bond acceptors (Lipinski definition) is 11. The van der Waals surface area contributed by atoms with Crippen molar-refractivity contribution in [1.29, 1.82) is 0 Å². The fourth-order valence-corrected chi connectivity index (χ4v) is 3.47. The van der Waals surface area contributed by atoms with Crippen LogP contribution >= 0.6 is 0 Å². The van der Waals surface area contributed by atoms with Gasteiger partial charge in [0.05, 0.1) is 39.5 Å². The van der Waals surface area contributed by atoms with Gasteiger partial charge in [0.15, 0.2) is 0 Å². The molecule has 3 aromatic rings. The van der Waals surface area contributed by atoms with Gasteiger partial charge in [-0.05, 0) is 29.7 Å². The smallest absolute Gasteiger partial charge is 0.233 e. The normalized spacial score (nSPS) is 10.7. The number of anilines is 4. The Morgan fingerprint density at radius 1 is 0.769 bits per heavy atom. The van der Waals surface area contributed by atoms with E-state index in [1.54, 1.807) is 0 Å². The number of nitrogens with one attached hydrogen (secondary N) is 4. The minimum atomic E-state index is -0.0815. The molecule has 3 rings (SSSR count). The van der Waals surface area contributed by atoms with Gasteiger partial charge >= 0.3 is 0 Å². The highest BCUT2D eigenvalue weighted by molar-refractivity contribution is 5.78. The van der Waals surface area contributed by atoms with Gasteiger partial charge in [-0.15, -0.1) is 0 Å². The molecule has 0 radical (unpaired) electrons. The summed E-state index contributed by atoms with van der Waals surface area (Å²) in [5.41, 5.74) is 8.20. The first-order valence-electron chi connectivity index (χ1n) is 13.0. The number of nitrogens with two attached hydrogens (primary N) is 1. The first-order valence-corrected chi connectivity index (χ1v) is 13.0. The third kappa shape index (κ3) is 12.0. The Morgan fingerprint density at radius 3 is 2.13 bits per heavy atom. The minimum absolute atomic E-state index is 0.0442. The van der Waals surface area contributed by atoms with Crippen LogP contribution in [-0.2, 0) is 27.1 Å². The average molecular weight is 539 g/mol. The van der Waals surface area contributed by atoms with Crippen LogP contribution < -0.4 is 27.0 Å². The molecule has 2 aromatic carbocycles. The molecule has 0 bridgehead atoms. The Labute approximate surface area is 228 Å². The van der Waals surface area contributed by atoms with Crippen LogP contribution in [0, 0.1) is 0 Å². The van der Waals surface area contributed by atoms with Crippen LogP contribution in [0.5, 0.6) is 0 Å². The predicted molar refractivity (Wildman–Crippen MR) is 151 cm³/mol. The Kier molecular flexibility index (Phi) is 13.4. The van der Waals surface area contributed by atoms with Crippen molar-refractivity contribution in [1.82, 2.24) is 20.3 Å². The number of aliphatic hydroxyl groups is 1. The molecular formula is C27H38N8O4. The monoisotopic (exact) mass is 538 g/mol. The van der Waals surface area contributed by atoms with Gasteiger partial charge in [0.2, 0.25) is 23.8 Å². The maximum absolute atomic E-state index is 12.2. The summed E-state index contributed by atoms with van der Waals surface area (Å²) in [6.45, 7) is 3.74. The quantitative estimate of drug-likeness (QED) is 0.122. The van der Waals surface area contributed by atoms with Gasteiger partial charge in [-0.3, -0.25) is 4.79 Å². The first-order chi connectivity index (χ1) is 19.2. The molecule has 210 valence electrons. The van der Waals surface area contributed by atoms with Gasteiger partial charge in [0.1, 0.15) is 0 Å². The molecule has 0 saturated carbocycles. The highest BCUT2D eigenvalue weighted by Crippen LogP contribution is 2.17. The summed E-state index contributed by atoms with van der Waals surface area (Å²) >= 11 is 0. The van der Waals surface area contributed by atoms with Crippen LogP contribution in [0.4, 0.5) is 23.5 Å². The van der Waals surface area contributed by atoms with Crippen molar-refractivity contribution in [3.63, 3.8) is 0 Å². The second kappa shape index (κ2) is 17.6. The van der Waals surface area contributed by atoms with Crippen molar-refractivity contribution in [2.45, 2.75) is 12.8 Å². The molecule has 0 atom stereocenters. The van der Waals surface area contributed by atoms with Gasteiger partial charge in [-0.1, -0.05) is 42.5 Å². The number of carbonyl (C=O) groups excluding carboxylic acids is 1. The largest absolute Gasteiger partial charge is 0.395 e. The van der Waals surface area contributed by atoms with Gasteiger partial charge in [-0.25, -0.2) is 0 Å². The van der Waals surface area contributed by atoms with Crippen LogP contribution in [0.1, 0.15) is 11.1 Å². The first kappa shape index (κ1) is 29.7. The second-order valence-corrected chi connectivity index (χ2v) is 8.48. The molecule has 0 fully saturated rings. The number of aliphatic hydroxyl groups excluding tert-OH is 1. The van der Waals surface area contributed by atoms with Gasteiger partial charge in [0, 0.05) is 31.9 Å². The number of ether oxygens (including phenoxy) is 2. The number of rotatable bonds is 19. The Morgan fingerprint density at radius 2 is 1.44 bits per heavy atom. The van der Waals surface area contributed by atoms with Crippen LogP contribution in [0.25, 0.3) is 0 Å². The lowest BCUT2D eigenvalue weighted by atomic mass is 10.1. The number of hydrogen-bond donors (Lipinski definition) is 6. The average Bonchev–Trinajstić information content (AvgIpc) is 2.95. The van der Waals surface area contributed by atoms with Crippen LogP contribution in [0.15, 0.2) is 54.6 Å². The van der Waals surface area contributed by atoms with Crippen molar-refractivity contribution >= 4 is 29.4 Å². The summed E-state index contributed by atoms with van der Waals surface area (Å²) in [5.74, 6) is 1.04. The zero-order valence-corrected chi connectivity index (χ0v) is 22.1. The molecule has 0 aliphatic rings. The van der Waals surface area contributed by atoms with Crippen molar-refractivity contribution in [2.75, 3.05) is 75.2 Å². The van der Waals surface area contributed by atoms with Crippen LogP contribution in [-0.4, -0.2) is 85.2 Å². The molecule has 39 heavy (non-hydrogen) atoms. The summed E-state index contributed by atoms with van der Waals surface area (Å²) in [4.78, 5) is 25.5. The van der Waals surface area contributed by atoms with E-state index >= 15 is 0 Å². The van der Waals surface area contributed by atoms with E-state index < -0.39 is 0 Å². The molecule has 1 aromatic heterocycles. The van der Waals surface area contributed by atoms with E-state index in [1.807, 2.05) is 42.5 Å². The third-order valence-electron chi connectivity index (χ3n) is 5.35. The molecule has 0 unspecified atom stereocenters. The summed E-state index contributed by atoms with van der Waals surface area (Å²) in [6.07, 6.45) is 1.08. The maximum Gasteiger partial charge on any atom is 0.233 e. The molecule has 7 N–H and O–H groups in total. The maximum atomic E-state index is 12.2. The highest BCUT2D eigenvalue weighted by atomic mass is 16.5. The predicted octanol–water partition coefficient (Wildman–Crippen LogP) is 1.32. The highest BCUT2D eigenvalue weighted by Gasteiger charge is 2.08. The number of benzene rings is 2. The standard InChI is InChI=1S/C27H38N8O4/c28-11-16-38-18-19-39-17-14-29-24(37)20-22-6-8-23(9-7-22)32-27-34-25(33-26(35-27)31-13-15-36)30-12-10-21-4-2-1-3-5-21/h1-9,36H,10-20,28H2,(H,29,37)(H3,30,31,32,33,34,35). The molecule has 0 aliphatic heterocycles. The van der Waals surface area contributed by atoms with Crippen molar-refractivity contribution < 1.29 is 19.4 Å². The summed E-state index contributed by atoms with van der Waals surface area (Å²) in [7, 11) is 0. The molecule has 0 spiro atoms. The Balaban J connectivity index is 1.47. The van der Waals surface area contributed by atoms with E-state index in [0.717, 1.165) is 17.7 Å². The second-order valence-electron chi connectivity index (χ2n) is 8.48. The molecular weight excluding hydrogens is 500 g/mol. The van der Waals surface area contributed by atoms with E-state index in [9.17, 15) is 4.79 Å². The summed E-state index contributed by atoms with van der Waals surface area (Å²) < 4.78 is 10.6. The number of amides is 1. The van der Waals surface area contributed by atoms with Gasteiger partial charge in [0.25, 0.3) is 0 Å². The topological polar surface area (TPSA) is 169 Å². The zero-order chi connectivity index (χ0) is 27.5. The Bertz CT molecular complexity index is 1100. The molecule has 12 nitrogen and oxygen atoms in total. The van der Waals surface area contributed by atoms with E-state index in [1.165, 1.54) is 5.56 Å². The van der Waals surface area contributed by atoms with Crippen molar-refractivity contribution in [3.8, 4) is 0 Å². The molecule has 1 amide bonds. The van der Waals surface area contributed by atoms with Gasteiger partial charge in [-0.2, -0.15) is 15.0 Å². The van der Waals surface area contributed by atoms with Crippen molar-refractivity contribution in [2.24, 2.45) is 5.73 Å². The summed E-state index contributed by atoms with van der Waals surface area (Å²) in [6, 6.07) is 17.6. The lowest BCUT2D eigenvalue weighted by Gasteiger charge is -2.11. The van der Waals surface area contributed by atoms with Crippen LogP contribution in [0.2, 0.25) is 0 Å². The molecule has 1 heterocycles. The molecule has 0 saturated heterocycles. The van der Waals surface area contributed by atoms with Crippen LogP contribution in [0.3, 0.4) is 0 Å². The lowest BCUT2D eigenvalue weighted by molar-refractivity contribution is -0.120. The molecule has 0 aliphatic carbocycles. The molecule has 12 heteroatoms. The fourth-order valence-electron chi connectivity index (χ4n) is 3.47. The Hall–Kier alpha value is -3.84. The number of carbonyl (C=O) groups is 1. The minimum Gasteiger partial charge on any atom is -0.395 e. The third-order valence-corrected chi connectivity index (χ3v) is 5.35. The van der Waals surface area contributed by atoms with Crippen molar-refractivity contribution in [3.05, 3.63) is 65.7 Å². The van der Waals surface area contributed by atoms with Gasteiger partial charge < -0.3 is 41.6 Å². The van der Waals surface area contributed by atoms with E-state index in [-0.39, 0.29) is 18.9 Å². The van der Waals surface area contributed by atoms with E-state index in [2.05, 4.69) is 48.4 Å². The van der Waals surface area contributed by atoms with E-state index in [0.29, 0.717) is 70.5 Å².